The Labute approximate surface area is 181 Å². The van der Waals surface area contributed by atoms with E-state index in [0.29, 0.717) is 29.9 Å². The van der Waals surface area contributed by atoms with Crippen molar-refractivity contribution in [2.75, 3.05) is 19.6 Å². The molecule has 3 aromatic rings. The fourth-order valence-electron chi connectivity index (χ4n) is 4.07. The van der Waals surface area contributed by atoms with Crippen molar-refractivity contribution in [3.63, 3.8) is 0 Å². The van der Waals surface area contributed by atoms with Gasteiger partial charge in [0.25, 0.3) is 5.91 Å². The van der Waals surface area contributed by atoms with E-state index < -0.39 is 0 Å². The minimum atomic E-state index is -0.273. The molecule has 0 bridgehead atoms. The number of rotatable bonds is 3. The van der Waals surface area contributed by atoms with Crippen LogP contribution in [0.4, 0.5) is 4.39 Å². The highest BCUT2D eigenvalue weighted by Gasteiger charge is 2.42. The Morgan fingerprint density at radius 2 is 2.00 bits per heavy atom. The summed E-state index contributed by atoms with van der Waals surface area (Å²) >= 11 is 0. The van der Waals surface area contributed by atoms with Gasteiger partial charge in [0.15, 0.2) is 11.3 Å². The Kier molecular flexibility index (Phi) is 5.32. The van der Waals surface area contributed by atoms with Gasteiger partial charge in [0, 0.05) is 42.9 Å². The van der Waals surface area contributed by atoms with Crippen molar-refractivity contribution in [3.8, 4) is 11.3 Å². The molecule has 5 nitrogen and oxygen atoms in total. The van der Waals surface area contributed by atoms with Crippen LogP contribution in [0.1, 0.15) is 42.8 Å². The van der Waals surface area contributed by atoms with Gasteiger partial charge in [-0.1, -0.05) is 6.92 Å². The molecule has 1 amide bonds. The Balaban J connectivity index is 0.00000218. The van der Waals surface area contributed by atoms with Crippen LogP contribution in [-0.4, -0.2) is 41.5 Å². The van der Waals surface area contributed by atoms with E-state index in [1.165, 1.54) is 12.1 Å². The highest BCUT2D eigenvalue weighted by molar-refractivity contribution is 5.96. The topological polar surface area (TPSA) is 58.4 Å². The lowest BCUT2D eigenvalue weighted by Crippen LogP contribution is -2.51. The van der Waals surface area contributed by atoms with Crippen molar-refractivity contribution in [2.24, 2.45) is 0 Å². The summed E-state index contributed by atoms with van der Waals surface area (Å²) in [4.78, 5) is 19.6. The zero-order valence-electron chi connectivity index (χ0n) is 17.1. The zero-order valence-corrected chi connectivity index (χ0v) is 17.9. The van der Waals surface area contributed by atoms with Gasteiger partial charge >= 0.3 is 0 Å². The number of nitrogens with zero attached hydrogens (tertiary/aromatic N) is 2. The maximum absolute atomic E-state index is 13.3. The smallest absolute Gasteiger partial charge is 0.289 e. The third-order valence-electron chi connectivity index (χ3n) is 6.14. The van der Waals surface area contributed by atoms with Crippen LogP contribution in [0.5, 0.6) is 0 Å². The molecule has 0 spiro atoms. The van der Waals surface area contributed by atoms with E-state index in [1.807, 2.05) is 11.0 Å². The molecule has 30 heavy (non-hydrogen) atoms. The lowest BCUT2D eigenvalue weighted by molar-refractivity contribution is 0.0679. The van der Waals surface area contributed by atoms with Crippen LogP contribution in [-0.2, 0) is 5.41 Å². The standard InChI is InChI=1S/C23H24FN3O2.ClH/c1-14-13-27(10-9-25-14)22(28)20-12-19-21(29-20)17(23(2)7-8-23)11-18(26-19)15-3-5-16(24)6-4-15;/h3-6,11-12,14,25H,7-10,13H2,1-2H3;1H/t14-;/m0./s1. The van der Waals surface area contributed by atoms with Gasteiger partial charge in [-0.3, -0.25) is 4.79 Å². The van der Waals surface area contributed by atoms with Crippen molar-refractivity contribution < 1.29 is 13.6 Å². The minimum absolute atomic E-state index is 0. The van der Waals surface area contributed by atoms with E-state index in [0.717, 1.165) is 36.2 Å². The Hall–Kier alpha value is -2.44. The van der Waals surface area contributed by atoms with Gasteiger partial charge in [-0.15, -0.1) is 12.4 Å². The fraction of sp³-hybridized carbons (Fsp3) is 0.391. The SMILES string of the molecule is C[C@H]1CN(C(=O)c2cc3nc(-c4ccc(F)cc4)cc(C4(C)CC4)c3o2)CCN1.Cl. The van der Waals surface area contributed by atoms with E-state index in [2.05, 4.69) is 19.2 Å². The molecule has 2 aliphatic rings. The number of hydrogen-bond acceptors (Lipinski definition) is 4. The van der Waals surface area contributed by atoms with E-state index in [1.54, 1.807) is 18.2 Å². The summed E-state index contributed by atoms with van der Waals surface area (Å²) in [5.41, 5.74) is 4.12. The molecule has 1 N–H and O–H groups in total. The monoisotopic (exact) mass is 429 g/mol. The third kappa shape index (κ3) is 3.70. The summed E-state index contributed by atoms with van der Waals surface area (Å²) in [6.45, 7) is 6.38. The van der Waals surface area contributed by atoms with Crippen LogP contribution in [0.3, 0.4) is 0 Å². The second-order valence-electron chi connectivity index (χ2n) is 8.55. The number of halogens is 2. The first-order valence-corrected chi connectivity index (χ1v) is 10.2. The maximum Gasteiger partial charge on any atom is 0.289 e. The number of carbonyl (C=O) groups excluding carboxylic acids is 1. The first-order chi connectivity index (χ1) is 13.9. The van der Waals surface area contributed by atoms with Gasteiger partial charge in [-0.05, 0) is 55.5 Å². The zero-order chi connectivity index (χ0) is 20.2. The molecule has 7 heteroatoms. The number of nitrogens with one attached hydrogen (secondary N) is 1. The number of carbonyl (C=O) groups is 1. The predicted molar refractivity (Wildman–Crippen MR) is 117 cm³/mol. The lowest BCUT2D eigenvalue weighted by Gasteiger charge is -2.31. The van der Waals surface area contributed by atoms with Crippen molar-refractivity contribution in [3.05, 3.63) is 53.5 Å². The number of fused-ring (bicyclic) bond motifs is 1. The Morgan fingerprint density at radius 3 is 2.67 bits per heavy atom. The molecule has 1 aliphatic carbocycles. The van der Waals surface area contributed by atoms with Crippen LogP contribution in [0.25, 0.3) is 22.4 Å². The number of aromatic nitrogens is 1. The van der Waals surface area contributed by atoms with Gasteiger partial charge in [-0.2, -0.15) is 0 Å². The van der Waals surface area contributed by atoms with Gasteiger partial charge in [0.2, 0.25) is 0 Å². The summed E-state index contributed by atoms with van der Waals surface area (Å²) < 4.78 is 19.4. The fourth-order valence-corrected chi connectivity index (χ4v) is 4.07. The summed E-state index contributed by atoms with van der Waals surface area (Å²) in [7, 11) is 0. The van der Waals surface area contributed by atoms with Crippen LogP contribution >= 0.6 is 12.4 Å². The molecule has 0 unspecified atom stereocenters. The van der Waals surface area contributed by atoms with Gasteiger partial charge in [0.1, 0.15) is 11.3 Å². The Morgan fingerprint density at radius 1 is 1.27 bits per heavy atom. The maximum atomic E-state index is 13.3. The van der Waals surface area contributed by atoms with Crippen LogP contribution in [0.15, 0.2) is 40.8 Å². The molecule has 5 rings (SSSR count). The molecule has 1 saturated heterocycles. The molecule has 2 aromatic heterocycles. The van der Waals surface area contributed by atoms with Crippen molar-refractivity contribution in [2.45, 2.75) is 38.1 Å². The summed E-state index contributed by atoms with van der Waals surface area (Å²) in [6, 6.07) is 10.4. The van der Waals surface area contributed by atoms with Crippen LogP contribution in [0.2, 0.25) is 0 Å². The van der Waals surface area contributed by atoms with Crippen LogP contribution in [0, 0.1) is 5.82 Å². The van der Waals surface area contributed by atoms with E-state index in [-0.39, 0.29) is 35.6 Å². The molecule has 1 atom stereocenters. The number of pyridine rings is 1. The van der Waals surface area contributed by atoms with E-state index >= 15 is 0 Å². The van der Waals surface area contributed by atoms with Crippen molar-refractivity contribution in [1.82, 2.24) is 15.2 Å². The molecule has 1 aromatic carbocycles. The first-order valence-electron chi connectivity index (χ1n) is 10.2. The summed E-state index contributed by atoms with van der Waals surface area (Å²) in [5, 5.41) is 3.35. The third-order valence-corrected chi connectivity index (χ3v) is 6.14. The molecule has 1 aliphatic heterocycles. The number of piperazine rings is 1. The van der Waals surface area contributed by atoms with Crippen molar-refractivity contribution in [1.29, 1.82) is 0 Å². The second-order valence-corrected chi connectivity index (χ2v) is 8.55. The largest absolute Gasteiger partial charge is 0.449 e. The molecule has 0 radical (unpaired) electrons. The highest BCUT2D eigenvalue weighted by atomic mass is 35.5. The first kappa shape index (κ1) is 20.8. The average Bonchev–Trinajstić information content (AvgIpc) is 3.32. The summed E-state index contributed by atoms with van der Waals surface area (Å²) in [5.74, 6) is -0.0272. The van der Waals surface area contributed by atoms with E-state index in [9.17, 15) is 9.18 Å². The number of benzene rings is 1. The minimum Gasteiger partial charge on any atom is -0.449 e. The average molecular weight is 430 g/mol. The summed E-state index contributed by atoms with van der Waals surface area (Å²) in [6.07, 6.45) is 2.16. The molecule has 3 heterocycles. The Bertz CT molecular complexity index is 1090. The van der Waals surface area contributed by atoms with Crippen molar-refractivity contribution >= 4 is 29.4 Å². The van der Waals surface area contributed by atoms with Gasteiger partial charge < -0.3 is 14.6 Å². The number of amides is 1. The molecular weight excluding hydrogens is 405 g/mol. The van der Waals surface area contributed by atoms with E-state index in [4.69, 9.17) is 9.40 Å². The van der Waals surface area contributed by atoms with Gasteiger partial charge in [0.05, 0.1) is 5.69 Å². The predicted octanol–water partition coefficient (Wildman–Crippen LogP) is 4.54. The molecule has 158 valence electrons. The quantitative estimate of drug-likeness (QED) is 0.664. The number of furan rings is 1. The normalized spacial score (nSPS) is 20.1. The second kappa shape index (κ2) is 7.67. The highest BCUT2D eigenvalue weighted by Crippen LogP contribution is 2.50. The molecule has 1 saturated carbocycles. The molecular formula is C23H25ClFN3O2. The van der Waals surface area contributed by atoms with Gasteiger partial charge in [-0.25, -0.2) is 9.37 Å². The van der Waals surface area contributed by atoms with Crippen LogP contribution < -0.4 is 5.32 Å². The molecule has 2 fully saturated rings. The lowest BCUT2D eigenvalue weighted by atomic mass is 9.96. The number of hydrogen-bond donors (Lipinski definition) is 1.